The van der Waals surface area contributed by atoms with Crippen LogP contribution in [0.3, 0.4) is 0 Å². The zero-order valence-electron chi connectivity index (χ0n) is 17.7. The highest BCUT2D eigenvalue weighted by atomic mass is 16.5. The van der Waals surface area contributed by atoms with E-state index in [9.17, 15) is 9.59 Å². The van der Waals surface area contributed by atoms with Crippen LogP contribution in [0.4, 0.5) is 0 Å². The van der Waals surface area contributed by atoms with Gasteiger partial charge in [-0.05, 0) is 62.2 Å². The van der Waals surface area contributed by atoms with Crippen molar-refractivity contribution in [1.82, 2.24) is 25.6 Å². The second-order valence-corrected chi connectivity index (χ2v) is 7.41. The van der Waals surface area contributed by atoms with Crippen molar-refractivity contribution in [1.29, 1.82) is 0 Å². The minimum Gasteiger partial charge on any atom is -0.487 e. The van der Waals surface area contributed by atoms with Crippen molar-refractivity contribution in [2.45, 2.75) is 32.4 Å². The normalized spacial score (nSPS) is 12.6. The predicted molar refractivity (Wildman–Crippen MR) is 119 cm³/mol. The summed E-state index contributed by atoms with van der Waals surface area (Å²) < 4.78 is 7.47. The maximum Gasteiger partial charge on any atom is 0.274 e. The Labute approximate surface area is 186 Å². The first-order chi connectivity index (χ1) is 15.6. The van der Waals surface area contributed by atoms with Crippen molar-refractivity contribution < 1.29 is 14.3 Å². The van der Waals surface area contributed by atoms with Crippen LogP contribution in [0.1, 0.15) is 51.9 Å². The Morgan fingerprint density at radius 2 is 1.97 bits per heavy atom. The van der Waals surface area contributed by atoms with Crippen LogP contribution in [0.25, 0.3) is 5.69 Å². The van der Waals surface area contributed by atoms with Crippen LogP contribution in [-0.2, 0) is 6.61 Å². The molecule has 0 aliphatic heterocycles. The largest absolute Gasteiger partial charge is 0.487 e. The number of carbonyl (C=O) groups excluding carboxylic acids is 2. The molecule has 3 aromatic rings. The predicted octanol–water partition coefficient (Wildman–Crippen LogP) is 2.47. The third-order valence-electron chi connectivity index (χ3n) is 4.98. The van der Waals surface area contributed by atoms with Gasteiger partial charge >= 0.3 is 0 Å². The molecule has 1 aliphatic carbocycles. The SMILES string of the molecule is C#Cc1cccc(OCc2c(C(=O)NC3CC3)nnn2-c2ccc(C(=O)NCC)cc2)c1. The van der Waals surface area contributed by atoms with Gasteiger partial charge in [0.1, 0.15) is 18.1 Å². The summed E-state index contributed by atoms with van der Waals surface area (Å²) in [4.78, 5) is 24.8. The van der Waals surface area contributed by atoms with Crippen LogP contribution in [0.2, 0.25) is 0 Å². The molecule has 2 amide bonds. The Bertz CT molecular complexity index is 1170. The molecule has 162 valence electrons. The number of ether oxygens (including phenoxy) is 1. The van der Waals surface area contributed by atoms with Crippen molar-refractivity contribution in [2.24, 2.45) is 0 Å². The molecule has 32 heavy (non-hydrogen) atoms. The number of hydrogen-bond donors (Lipinski definition) is 2. The molecule has 8 heteroatoms. The molecule has 0 bridgehead atoms. The molecule has 0 spiro atoms. The molecule has 1 heterocycles. The molecule has 4 rings (SSSR count). The Morgan fingerprint density at radius 1 is 1.19 bits per heavy atom. The summed E-state index contributed by atoms with van der Waals surface area (Å²) in [5.74, 6) is 2.71. The Hall–Kier alpha value is -4.12. The van der Waals surface area contributed by atoms with Gasteiger partial charge in [0, 0.05) is 23.7 Å². The van der Waals surface area contributed by atoms with Crippen molar-refractivity contribution >= 4 is 11.8 Å². The van der Waals surface area contributed by atoms with E-state index in [1.54, 1.807) is 47.1 Å². The van der Waals surface area contributed by atoms with Crippen LogP contribution < -0.4 is 15.4 Å². The van der Waals surface area contributed by atoms with Gasteiger partial charge in [0.15, 0.2) is 5.69 Å². The summed E-state index contributed by atoms with van der Waals surface area (Å²) in [5, 5.41) is 14.0. The van der Waals surface area contributed by atoms with E-state index < -0.39 is 0 Å². The van der Waals surface area contributed by atoms with Gasteiger partial charge in [-0.3, -0.25) is 9.59 Å². The molecule has 1 saturated carbocycles. The Balaban J connectivity index is 1.62. The number of aromatic nitrogens is 3. The minimum atomic E-state index is -0.284. The lowest BCUT2D eigenvalue weighted by molar-refractivity contribution is 0.0939. The van der Waals surface area contributed by atoms with E-state index in [-0.39, 0.29) is 30.2 Å². The van der Waals surface area contributed by atoms with Crippen LogP contribution in [0.15, 0.2) is 48.5 Å². The second kappa shape index (κ2) is 9.35. The monoisotopic (exact) mass is 429 g/mol. The highest BCUT2D eigenvalue weighted by Gasteiger charge is 2.28. The highest BCUT2D eigenvalue weighted by Crippen LogP contribution is 2.22. The van der Waals surface area contributed by atoms with Gasteiger partial charge < -0.3 is 15.4 Å². The first-order valence-corrected chi connectivity index (χ1v) is 10.4. The van der Waals surface area contributed by atoms with E-state index in [2.05, 4.69) is 26.9 Å². The summed E-state index contributed by atoms with van der Waals surface area (Å²) >= 11 is 0. The average Bonchev–Trinajstić information content (AvgIpc) is 3.53. The fraction of sp³-hybridized carbons (Fsp3) is 0.250. The van der Waals surface area contributed by atoms with Gasteiger partial charge in [-0.25, -0.2) is 4.68 Å². The standard InChI is InChI=1S/C24H23N5O3/c1-3-16-6-5-7-20(14-16)32-15-21-22(24(31)26-18-10-11-18)27-28-29(21)19-12-8-17(9-13-19)23(30)25-4-2/h1,5-9,12-14,18H,4,10-11,15H2,2H3,(H,25,30)(H,26,31). The van der Waals surface area contributed by atoms with Crippen molar-refractivity contribution in [3.8, 4) is 23.8 Å². The van der Waals surface area contributed by atoms with Crippen molar-refractivity contribution in [3.63, 3.8) is 0 Å². The summed E-state index contributed by atoms with van der Waals surface area (Å²) in [7, 11) is 0. The number of nitrogens with zero attached hydrogens (tertiary/aromatic N) is 3. The van der Waals surface area contributed by atoms with E-state index in [0.717, 1.165) is 12.8 Å². The first-order valence-electron chi connectivity index (χ1n) is 10.4. The second-order valence-electron chi connectivity index (χ2n) is 7.41. The molecule has 1 aliphatic rings. The molecule has 1 aromatic heterocycles. The third-order valence-corrected chi connectivity index (χ3v) is 4.98. The van der Waals surface area contributed by atoms with Gasteiger partial charge in [-0.15, -0.1) is 11.5 Å². The zero-order chi connectivity index (χ0) is 22.5. The van der Waals surface area contributed by atoms with E-state index in [0.29, 0.717) is 34.8 Å². The maximum absolute atomic E-state index is 12.7. The number of benzene rings is 2. The van der Waals surface area contributed by atoms with Gasteiger partial charge in [0.25, 0.3) is 11.8 Å². The van der Waals surface area contributed by atoms with Gasteiger partial charge in [-0.2, -0.15) is 0 Å². The lowest BCUT2D eigenvalue weighted by Gasteiger charge is -2.11. The third kappa shape index (κ3) is 4.78. The number of carbonyl (C=O) groups is 2. The van der Waals surface area contributed by atoms with Gasteiger partial charge in [0.05, 0.1) is 5.69 Å². The number of terminal acetylenes is 1. The van der Waals surface area contributed by atoms with Crippen molar-refractivity contribution in [2.75, 3.05) is 6.54 Å². The lowest BCUT2D eigenvalue weighted by Crippen LogP contribution is -2.27. The fourth-order valence-corrected chi connectivity index (χ4v) is 3.14. The molecule has 1 fully saturated rings. The molecule has 0 atom stereocenters. The Kier molecular flexibility index (Phi) is 6.17. The van der Waals surface area contributed by atoms with E-state index in [1.807, 2.05) is 13.0 Å². The smallest absolute Gasteiger partial charge is 0.274 e. The van der Waals surface area contributed by atoms with Crippen LogP contribution in [-0.4, -0.2) is 39.4 Å². The maximum atomic E-state index is 12.7. The van der Waals surface area contributed by atoms with Crippen LogP contribution >= 0.6 is 0 Å². The fourth-order valence-electron chi connectivity index (χ4n) is 3.14. The van der Waals surface area contributed by atoms with Gasteiger partial charge in [-0.1, -0.05) is 17.2 Å². The summed E-state index contributed by atoms with van der Waals surface area (Å²) in [6.45, 7) is 2.47. The number of nitrogens with one attached hydrogen (secondary N) is 2. The van der Waals surface area contributed by atoms with E-state index >= 15 is 0 Å². The number of amides is 2. The molecule has 0 radical (unpaired) electrons. The summed E-state index contributed by atoms with van der Waals surface area (Å²) in [6, 6.07) is 14.3. The molecular formula is C24H23N5O3. The lowest BCUT2D eigenvalue weighted by atomic mass is 10.2. The summed E-state index contributed by atoms with van der Waals surface area (Å²) in [6.07, 6.45) is 7.40. The van der Waals surface area contributed by atoms with E-state index in [1.165, 1.54) is 0 Å². The number of rotatable bonds is 8. The first kappa shape index (κ1) is 21.1. The minimum absolute atomic E-state index is 0.0620. The molecule has 8 nitrogen and oxygen atoms in total. The molecule has 0 unspecified atom stereocenters. The quantitative estimate of drug-likeness (QED) is 0.536. The van der Waals surface area contributed by atoms with Crippen LogP contribution in [0.5, 0.6) is 5.75 Å². The molecular weight excluding hydrogens is 406 g/mol. The molecule has 0 saturated heterocycles. The summed E-state index contributed by atoms with van der Waals surface area (Å²) in [5.41, 5.74) is 2.60. The van der Waals surface area contributed by atoms with E-state index in [4.69, 9.17) is 11.2 Å². The number of hydrogen-bond acceptors (Lipinski definition) is 5. The topological polar surface area (TPSA) is 98.1 Å². The molecule has 2 aromatic carbocycles. The molecule has 2 N–H and O–H groups in total. The zero-order valence-corrected chi connectivity index (χ0v) is 17.7. The Morgan fingerprint density at radius 3 is 2.66 bits per heavy atom. The highest BCUT2D eigenvalue weighted by molar-refractivity contribution is 5.94. The van der Waals surface area contributed by atoms with Crippen molar-refractivity contribution in [3.05, 3.63) is 71.0 Å². The van der Waals surface area contributed by atoms with Gasteiger partial charge in [0.2, 0.25) is 0 Å². The average molecular weight is 429 g/mol. The van der Waals surface area contributed by atoms with Crippen LogP contribution in [0, 0.1) is 12.3 Å².